The van der Waals surface area contributed by atoms with Crippen LogP contribution in [0.2, 0.25) is 0 Å². The number of para-hydroxylation sites is 1. The number of piperidine rings is 1. The maximum Gasteiger partial charge on any atom is 0.253 e. The monoisotopic (exact) mass is 435 g/mol. The van der Waals surface area contributed by atoms with E-state index in [2.05, 4.69) is 10.6 Å². The molecule has 0 atom stereocenters. The van der Waals surface area contributed by atoms with E-state index in [0.29, 0.717) is 43.7 Å². The molecule has 1 fully saturated rings. The van der Waals surface area contributed by atoms with E-state index in [1.807, 2.05) is 56.9 Å². The van der Waals surface area contributed by atoms with Gasteiger partial charge in [-0.15, -0.1) is 0 Å². The highest BCUT2D eigenvalue weighted by Gasteiger charge is 2.32. The molecule has 0 aliphatic carbocycles. The summed E-state index contributed by atoms with van der Waals surface area (Å²) >= 11 is 0. The number of carbonyl (C=O) groups excluding carboxylic acids is 3. The highest BCUT2D eigenvalue weighted by molar-refractivity contribution is 6.04. The van der Waals surface area contributed by atoms with Gasteiger partial charge in [0.25, 0.3) is 5.91 Å². The largest absolute Gasteiger partial charge is 0.348 e. The molecule has 6 nitrogen and oxygen atoms in total. The Labute approximate surface area is 190 Å². The average molecular weight is 436 g/mol. The number of rotatable bonds is 5. The molecule has 32 heavy (non-hydrogen) atoms. The first-order chi connectivity index (χ1) is 15.1. The third-order valence-corrected chi connectivity index (χ3v) is 5.80. The second-order valence-corrected chi connectivity index (χ2v) is 9.52. The topological polar surface area (TPSA) is 78.5 Å². The molecule has 0 bridgehead atoms. The van der Waals surface area contributed by atoms with Crippen molar-refractivity contribution in [1.29, 1.82) is 0 Å². The molecule has 0 spiro atoms. The van der Waals surface area contributed by atoms with E-state index in [4.69, 9.17) is 0 Å². The van der Waals surface area contributed by atoms with Crippen molar-refractivity contribution in [2.75, 3.05) is 18.4 Å². The number of hydrogen-bond donors (Lipinski definition) is 2. The number of anilines is 1. The highest BCUT2D eigenvalue weighted by atomic mass is 16.2. The first-order valence-corrected chi connectivity index (χ1v) is 11.2. The van der Waals surface area contributed by atoms with Crippen molar-refractivity contribution in [3.8, 4) is 0 Å². The van der Waals surface area contributed by atoms with Crippen molar-refractivity contribution in [2.45, 2.75) is 47.1 Å². The van der Waals surface area contributed by atoms with E-state index in [1.165, 1.54) is 5.56 Å². The molecule has 3 rings (SSSR count). The molecule has 1 saturated heterocycles. The van der Waals surface area contributed by atoms with Crippen LogP contribution in [0.1, 0.15) is 55.1 Å². The number of likely N-dealkylation sites (tertiary alicyclic amines) is 1. The van der Waals surface area contributed by atoms with E-state index >= 15 is 0 Å². The van der Waals surface area contributed by atoms with Crippen LogP contribution in [0.25, 0.3) is 0 Å². The molecule has 1 aliphatic heterocycles. The number of amides is 3. The number of benzene rings is 2. The first kappa shape index (κ1) is 23.5. The Balaban J connectivity index is 1.58. The summed E-state index contributed by atoms with van der Waals surface area (Å²) in [5, 5.41) is 5.86. The van der Waals surface area contributed by atoms with Crippen molar-refractivity contribution >= 4 is 23.4 Å². The quantitative estimate of drug-likeness (QED) is 0.741. The average Bonchev–Trinajstić information content (AvgIpc) is 2.78. The van der Waals surface area contributed by atoms with E-state index in [-0.39, 0.29) is 23.6 Å². The number of nitrogens with zero attached hydrogens (tertiary/aromatic N) is 1. The van der Waals surface area contributed by atoms with Gasteiger partial charge in [0, 0.05) is 31.0 Å². The van der Waals surface area contributed by atoms with Crippen LogP contribution < -0.4 is 10.6 Å². The Morgan fingerprint density at radius 1 is 0.969 bits per heavy atom. The number of hydrogen-bond acceptors (Lipinski definition) is 3. The Morgan fingerprint density at radius 3 is 2.22 bits per heavy atom. The summed E-state index contributed by atoms with van der Waals surface area (Å²) in [6, 6.07) is 15.0. The maximum absolute atomic E-state index is 12.9. The Morgan fingerprint density at radius 2 is 1.59 bits per heavy atom. The molecule has 3 amide bonds. The first-order valence-electron chi connectivity index (χ1n) is 11.2. The van der Waals surface area contributed by atoms with E-state index < -0.39 is 5.41 Å². The minimum Gasteiger partial charge on any atom is -0.348 e. The van der Waals surface area contributed by atoms with Gasteiger partial charge in [0.15, 0.2) is 0 Å². The van der Waals surface area contributed by atoms with E-state index in [9.17, 15) is 14.4 Å². The maximum atomic E-state index is 12.9. The standard InChI is InChI=1S/C26H33N3O3/c1-18-9-11-19(12-10-18)17-27-24(31)21-7-5-6-8-22(21)28-23(30)20-13-15-29(16-14-20)25(32)26(2,3)4/h5-12,20H,13-17H2,1-4H3,(H,27,31)(H,28,30). The molecule has 0 unspecified atom stereocenters. The summed E-state index contributed by atoms with van der Waals surface area (Å²) in [5.74, 6) is -0.395. The number of nitrogens with one attached hydrogen (secondary N) is 2. The minimum absolute atomic E-state index is 0.105. The summed E-state index contributed by atoms with van der Waals surface area (Å²) in [5.41, 5.74) is 2.71. The lowest BCUT2D eigenvalue weighted by atomic mass is 9.90. The molecule has 2 N–H and O–H groups in total. The van der Waals surface area contributed by atoms with Crippen LogP contribution in [0.4, 0.5) is 5.69 Å². The molecular formula is C26H33N3O3. The van der Waals surface area contributed by atoms with E-state index in [0.717, 1.165) is 5.56 Å². The lowest BCUT2D eigenvalue weighted by molar-refractivity contribution is -0.142. The van der Waals surface area contributed by atoms with Crippen molar-refractivity contribution in [1.82, 2.24) is 10.2 Å². The molecule has 1 heterocycles. The fourth-order valence-corrected chi connectivity index (χ4v) is 3.83. The van der Waals surface area contributed by atoms with Crippen LogP contribution in [0, 0.1) is 18.3 Å². The predicted octanol–water partition coefficient (Wildman–Crippen LogP) is 4.15. The van der Waals surface area contributed by atoms with Gasteiger partial charge in [-0.3, -0.25) is 14.4 Å². The normalized spacial score (nSPS) is 14.7. The van der Waals surface area contributed by atoms with Gasteiger partial charge < -0.3 is 15.5 Å². The Hall–Kier alpha value is -3.15. The molecule has 2 aromatic carbocycles. The Bertz CT molecular complexity index is 969. The van der Waals surface area contributed by atoms with Crippen LogP contribution in [0.3, 0.4) is 0 Å². The van der Waals surface area contributed by atoms with E-state index in [1.54, 1.807) is 24.3 Å². The molecule has 0 radical (unpaired) electrons. The number of aryl methyl sites for hydroxylation is 1. The third-order valence-electron chi connectivity index (χ3n) is 5.80. The van der Waals surface area contributed by atoms with Crippen LogP contribution in [-0.2, 0) is 16.1 Å². The predicted molar refractivity (Wildman–Crippen MR) is 126 cm³/mol. The SMILES string of the molecule is Cc1ccc(CNC(=O)c2ccccc2NC(=O)C2CCN(C(=O)C(C)(C)C)CC2)cc1. The fraction of sp³-hybridized carbons (Fsp3) is 0.423. The van der Waals surface area contributed by atoms with Crippen molar-refractivity contribution in [3.63, 3.8) is 0 Å². The zero-order chi connectivity index (χ0) is 23.3. The molecular weight excluding hydrogens is 402 g/mol. The summed E-state index contributed by atoms with van der Waals surface area (Å²) in [6.45, 7) is 9.33. The van der Waals surface area contributed by atoms with Crippen LogP contribution in [0.5, 0.6) is 0 Å². The summed E-state index contributed by atoms with van der Waals surface area (Å²) in [6.07, 6.45) is 1.24. The van der Waals surface area contributed by atoms with Gasteiger partial charge in [0.05, 0.1) is 11.3 Å². The van der Waals surface area contributed by atoms with Crippen LogP contribution in [0.15, 0.2) is 48.5 Å². The van der Waals surface area contributed by atoms with Crippen molar-refractivity contribution in [2.24, 2.45) is 11.3 Å². The Kier molecular flexibility index (Phi) is 7.33. The van der Waals surface area contributed by atoms with Gasteiger partial charge >= 0.3 is 0 Å². The minimum atomic E-state index is -0.417. The highest BCUT2D eigenvalue weighted by Crippen LogP contribution is 2.25. The second-order valence-electron chi connectivity index (χ2n) is 9.52. The van der Waals surface area contributed by atoms with Crippen LogP contribution in [-0.4, -0.2) is 35.7 Å². The van der Waals surface area contributed by atoms with Gasteiger partial charge in [-0.2, -0.15) is 0 Å². The molecule has 0 aromatic heterocycles. The lowest BCUT2D eigenvalue weighted by Crippen LogP contribution is -2.45. The van der Waals surface area contributed by atoms with Gasteiger partial charge in [0.1, 0.15) is 0 Å². The fourth-order valence-electron chi connectivity index (χ4n) is 3.83. The molecule has 1 aliphatic rings. The lowest BCUT2D eigenvalue weighted by Gasteiger charge is -2.35. The third kappa shape index (κ3) is 5.96. The molecule has 170 valence electrons. The van der Waals surface area contributed by atoms with Gasteiger partial charge in [-0.05, 0) is 37.5 Å². The van der Waals surface area contributed by atoms with Gasteiger partial charge in [-0.1, -0.05) is 62.7 Å². The van der Waals surface area contributed by atoms with Crippen molar-refractivity contribution in [3.05, 3.63) is 65.2 Å². The molecule has 6 heteroatoms. The molecule has 0 saturated carbocycles. The summed E-state index contributed by atoms with van der Waals surface area (Å²) < 4.78 is 0. The summed E-state index contributed by atoms with van der Waals surface area (Å²) in [7, 11) is 0. The zero-order valence-electron chi connectivity index (χ0n) is 19.4. The van der Waals surface area contributed by atoms with Gasteiger partial charge in [0.2, 0.25) is 11.8 Å². The molecule has 2 aromatic rings. The van der Waals surface area contributed by atoms with Gasteiger partial charge in [-0.25, -0.2) is 0 Å². The summed E-state index contributed by atoms with van der Waals surface area (Å²) in [4.78, 5) is 40.0. The zero-order valence-corrected chi connectivity index (χ0v) is 19.4. The van der Waals surface area contributed by atoms with Crippen molar-refractivity contribution < 1.29 is 14.4 Å². The second kappa shape index (κ2) is 9.98. The smallest absolute Gasteiger partial charge is 0.253 e. The van der Waals surface area contributed by atoms with Crippen LogP contribution >= 0.6 is 0 Å². The number of carbonyl (C=O) groups is 3.